The van der Waals surface area contributed by atoms with Crippen LogP contribution < -0.4 is 10.6 Å². The van der Waals surface area contributed by atoms with Crippen molar-refractivity contribution in [1.29, 1.82) is 0 Å². The van der Waals surface area contributed by atoms with Gasteiger partial charge in [0.25, 0.3) is 0 Å². The molecule has 198 valence electrons. The van der Waals surface area contributed by atoms with E-state index in [1.807, 2.05) is 0 Å². The van der Waals surface area contributed by atoms with Gasteiger partial charge in [-0.3, -0.25) is 0 Å². The second-order valence-electron chi connectivity index (χ2n) is 6.97. The number of nitrogens with one attached hydrogen (secondary N) is 2. The molecular formula is C26H48N2O6. The molecule has 0 spiro atoms. The highest BCUT2D eigenvalue weighted by Gasteiger charge is 1.97. The summed E-state index contributed by atoms with van der Waals surface area (Å²) in [4.78, 5) is 21.5. The molecule has 8 nitrogen and oxygen atoms in total. The minimum absolute atomic E-state index is 0.0781. The van der Waals surface area contributed by atoms with E-state index in [4.69, 9.17) is 19.7 Å². The smallest absolute Gasteiger partial charge is 0.407 e. The van der Waals surface area contributed by atoms with E-state index in [9.17, 15) is 9.59 Å². The van der Waals surface area contributed by atoms with Crippen molar-refractivity contribution < 1.29 is 29.3 Å². The summed E-state index contributed by atoms with van der Waals surface area (Å²) in [6.45, 7) is 10.5. The zero-order chi connectivity index (χ0) is 26.1. The van der Waals surface area contributed by atoms with E-state index in [0.717, 1.165) is 25.9 Å². The lowest BCUT2D eigenvalue weighted by Gasteiger charge is -2.03. The number of ether oxygens (including phenoxy) is 2. The molecule has 0 unspecified atom stereocenters. The van der Waals surface area contributed by atoms with Gasteiger partial charge in [0, 0.05) is 25.9 Å². The maximum Gasteiger partial charge on any atom is 0.407 e. The third kappa shape index (κ3) is 40.0. The van der Waals surface area contributed by atoms with Crippen LogP contribution in [-0.4, -0.2) is 61.9 Å². The quantitative estimate of drug-likeness (QED) is 0.215. The maximum atomic E-state index is 10.7. The average molecular weight is 485 g/mol. The van der Waals surface area contributed by atoms with Gasteiger partial charge >= 0.3 is 12.2 Å². The number of hydrogen-bond acceptors (Lipinski definition) is 6. The molecule has 0 fully saturated rings. The van der Waals surface area contributed by atoms with Crippen LogP contribution >= 0.6 is 0 Å². The molecule has 2 amide bonds. The van der Waals surface area contributed by atoms with Crippen LogP contribution in [0.3, 0.4) is 0 Å². The predicted molar refractivity (Wildman–Crippen MR) is 137 cm³/mol. The first-order valence-corrected chi connectivity index (χ1v) is 12.5. The molecule has 0 atom stereocenters. The van der Waals surface area contributed by atoms with Crippen LogP contribution in [0.25, 0.3) is 0 Å². The average Bonchev–Trinajstić information content (AvgIpc) is 2.82. The first-order chi connectivity index (χ1) is 16.5. The number of rotatable bonds is 14. The molecular weight excluding hydrogens is 436 g/mol. The van der Waals surface area contributed by atoms with Gasteiger partial charge in [-0.25, -0.2) is 9.59 Å². The number of hydrogen-bond donors (Lipinski definition) is 4. The number of alkyl carbamates (subject to hydrolysis) is 2. The van der Waals surface area contributed by atoms with Crippen LogP contribution in [0.4, 0.5) is 9.59 Å². The fraction of sp³-hybridized carbons (Fsp3) is 0.769. The van der Waals surface area contributed by atoms with E-state index in [0.29, 0.717) is 26.1 Å². The summed E-state index contributed by atoms with van der Waals surface area (Å²) in [6, 6.07) is 0. The zero-order valence-corrected chi connectivity index (χ0v) is 21.8. The van der Waals surface area contributed by atoms with Crippen molar-refractivity contribution in [2.45, 2.75) is 91.9 Å². The van der Waals surface area contributed by atoms with Gasteiger partial charge in [0.05, 0.1) is 26.4 Å². The lowest BCUT2D eigenvalue weighted by atomic mass is 10.2. The molecule has 4 N–H and O–H groups in total. The van der Waals surface area contributed by atoms with Crippen LogP contribution in [0.5, 0.6) is 0 Å². The molecule has 0 radical (unpaired) electrons. The van der Waals surface area contributed by atoms with Crippen LogP contribution in [0, 0.1) is 23.7 Å². The van der Waals surface area contributed by atoms with Gasteiger partial charge in [-0.1, -0.05) is 64.2 Å². The molecule has 0 aromatic rings. The Kier molecular flexibility index (Phi) is 37.4. The normalized spacial score (nSPS) is 8.76. The standard InChI is InChI=1S/2C9H19NO2.C8H10O2/c2*1-3-5-6-7-8-10-9(11)12-4-2;9-7-5-3-1-2-4-6-8-10/h2*3-8H2,1-2H3,(H,10,11);9-10H,5-8H2. The van der Waals surface area contributed by atoms with E-state index in [-0.39, 0.29) is 25.4 Å². The highest BCUT2D eigenvalue weighted by Crippen LogP contribution is 1.97. The van der Waals surface area contributed by atoms with E-state index in [1.165, 1.54) is 38.5 Å². The van der Waals surface area contributed by atoms with Gasteiger partial charge < -0.3 is 30.3 Å². The summed E-state index contributed by atoms with van der Waals surface area (Å²) >= 11 is 0. The topological polar surface area (TPSA) is 117 Å². The third-order valence-electron chi connectivity index (χ3n) is 3.86. The van der Waals surface area contributed by atoms with Crippen LogP contribution in [0.15, 0.2) is 0 Å². The van der Waals surface area contributed by atoms with Gasteiger partial charge in [0.1, 0.15) is 0 Å². The molecule has 34 heavy (non-hydrogen) atoms. The number of unbranched alkanes of at least 4 members (excludes halogenated alkanes) is 6. The summed E-state index contributed by atoms with van der Waals surface area (Å²) in [5.41, 5.74) is 0. The van der Waals surface area contributed by atoms with E-state index in [2.05, 4.69) is 48.2 Å². The molecule has 0 aliphatic rings. The summed E-state index contributed by atoms with van der Waals surface area (Å²) in [6.07, 6.45) is 9.73. The minimum Gasteiger partial charge on any atom is -0.450 e. The first-order valence-electron chi connectivity index (χ1n) is 12.5. The molecule has 0 aliphatic heterocycles. The Morgan fingerprint density at radius 3 is 1.32 bits per heavy atom. The van der Waals surface area contributed by atoms with Gasteiger partial charge in [0.15, 0.2) is 0 Å². The van der Waals surface area contributed by atoms with E-state index in [1.54, 1.807) is 13.8 Å². The molecule has 0 heterocycles. The zero-order valence-electron chi connectivity index (χ0n) is 21.8. The van der Waals surface area contributed by atoms with Gasteiger partial charge in [-0.15, -0.1) is 0 Å². The number of amides is 2. The fourth-order valence-electron chi connectivity index (χ4n) is 2.17. The monoisotopic (exact) mass is 484 g/mol. The Bertz CT molecular complexity index is 511. The van der Waals surface area contributed by atoms with Crippen molar-refractivity contribution in [3.63, 3.8) is 0 Å². The Morgan fingerprint density at radius 2 is 1.03 bits per heavy atom. The molecule has 0 aromatic heterocycles. The van der Waals surface area contributed by atoms with Crippen LogP contribution in [-0.2, 0) is 9.47 Å². The highest BCUT2D eigenvalue weighted by atomic mass is 16.6. The number of aliphatic hydroxyl groups excluding tert-OH is 2. The van der Waals surface area contributed by atoms with Gasteiger partial charge in [0.2, 0.25) is 0 Å². The van der Waals surface area contributed by atoms with E-state index >= 15 is 0 Å². The van der Waals surface area contributed by atoms with Crippen molar-refractivity contribution in [3.05, 3.63) is 0 Å². The Hall–Kier alpha value is -2.42. The number of aliphatic hydroxyl groups is 2. The van der Waals surface area contributed by atoms with Crippen molar-refractivity contribution in [2.24, 2.45) is 0 Å². The molecule has 8 heteroatoms. The van der Waals surface area contributed by atoms with E-state index < -0.39 is 0 Å². The van der Waals surface area contributed by atoms with Crippen molar-refractivity contribution in [1.82, 2.24) is 10.6 Å². The maximum absolute atomic E-state index is 10.7. The summed E-state index contributed by atoms with van der Waals surface area (Å²) < 4.78 is 9.40. The summed E-state index contributed by atoms with van der Waals surface area (Å²) in [7, 11) is 0. The molecule has 0 saturated heterocycles. The lowest BCUT2D eigenvalue weighted by Crippen LogP contribution is -2.25. The summed E-state index contributed by atoms with van der Waals surface area (Å²) in [5.74, 6) is 10.4. The molecule has 0 aromatic carbocycles. The fourth-order valence-corrected chi connectivity index (χ4v) is 2.17. The van der Waals surface area contributed by atoms with Gasteiger partial charge in [-0.05, 0) is 38.5 Å². The number of carbonyl (C=O) groups excluding carboxylic acids is 2. The predicted octanol–water partition coefficient (Wildman–Crippen LogP) is 4.38. The Labute approximate surface area is 207 Å². The SMILES string of the molecule is CCCCCCNC(=O)OCC.CCCCCCNC(=O)OCC.OCCC#CC#CCCO. The molecule has 0 aliphatic carbocycles. The van der Waals surface area contributed by atoms with Crippen LogP contribution in [0.2, 0.25) is 0 Å². The van der Waals surface area contributed by atoms with Crippen molar-refractivity contribution in [2.75, 3.05) is 39.5 Å². The summed E-state index contributed by atoms with van der Waals surface area (Å²) in [5, 5.41) is 21.9. The third-order valence-corrected chi connectivity index (χ3v) is 3.86. The Morgan fingerprint density at radius 1 is 0.647 bits per heavy atom. The second kappa shape index (κ2) is 35.2. The molecule has 0 saturated carbocycles. The second-order valence-corrected chi connectivity index (χ2v) is 6.97. The highest BCUT2D eigenvalue weighted by molar-refractivity contribution is 5.67. The lowest BCUT2D eigenvalue weighted by molar-refractivity contribution is 0.151. The van der Waals surface area contributed by atoms with Crippen molar-refractivity contribution in [3.8, 4) is 23.7 Å². The number of carbonyl (C=O) groups is 2. The minimum atomic E-state index is -0.297. The van der Waals surface area contributed by atoms with Crippen LogP contribution in [0.1, 0.15) is 91.9 Å². The first kappa shape index (κ1) is 36.2. The largest absolute Gasteiger partial charge is 0.450 e. The van der Waals surface area contributed by atoms with Gasteiger partial charge in [-0.2, -0.15) is 0 Å². The Balaban J connectivity index is -0.000000426. The molecule has 0 rings (SSSR count). The molecule has 0 bridgehead atoms. The van der Waals surface area contributed by atoms with Crippen molar-refractivity contribution >= 4 is 12.2 Å².